The maximum Gasteiger partial charge on any atom is 0.321 e. The van der Waals surface area contributed by atoms with Gasteiger partial charge in [0.2, 0.25) is 0 Å². The zero-order chi connectivity index (χ0) is 17.0. The first kappa shape index (κ1) is 16.8. The summed E-state index contributed by atoms with van der Waals surface area (Å²) < 4.78 is 0. The second-order valence-electron chi connectivity index (χ2n) is 5.17. The highest BCUT2D eigenvalue weighted by atomic mass is 35.5. The van der Waals surface area contributed by atoms with E-state index in [0.717, 1.165) is 5.56 Å². The van der Waals surface area contributed by atoms with Crippen LogP contribution in [0.4, 0.5) is 16.2 Å². The van der Waals surface area contributed by atoms with Crippen molar-refractivity contribution in [3.05, 3.63) is 68.7 Å². The van der Waals surface area contributed by atoms with Crippen LogP contribution in [0.2, 0.25) is 5.02 Å². The number of nitro groups is 1. The van der Waals surface area contributed by atoms with E-state index in [9.17, 15) is 14.9 Å². The van der Waals surface area contributed by atoms with Crippen LogP contribution in [0.15, 0.2) is 42.5 Å². The average Bonchev–Trinajstić information content (AvgIpc) is 2.49. The van der Waals surface area contributed by atoms with Crippen LogP contribution in [0.3, 0.4) is 0 Å². The van der Waals surface area contributed by atoms with Gasteiger partial charge >= 0.3 is 6.03 Å². The first-order chi connectivity index (χ1) is 10.9. The number of urea groups is 1. The molecular formula is C16H16ClN3O3. The molecule has 0 unspecified atom stereocenters. The summed E-state index contributed by atoms with van der Waals surface area (Å²) in [7, 11) is 1.67. The van der Waals surface area contributed by atoms with Crippen molar-refractivity contribution in [2.45, 2.75) is 13.5 Å². The third kappa shape index (κ3) is 4.43. The highest BCUT2D eigenvalue weighted by Crippen LogP contribution is 2.22. The molecule has 0 spiro atoms. The number of amides is 2. The van der Waals surface area contributed by atoms with Crippen LogP contribution < -0.4 is 5.32 Å². The molecule has 0 saturated heterocycles. The van der Waals surface area contributed by atoms with Crippen LogP contribution in [0.5, 0.6) is 0 Å². The number of rotatable bonds is 4. The predicted molar refractivity (Wildman–Crippen MR) is 89.8 cm³/mol. The Labute approximate surface area is 138 Å². The molecule has 2 aromatic carbocycles. The first-order valence-electron chi connectivity index (χ1n) is 6.88. The Morgan fingerprint density at radius 2 is 1.91 bits per heavy atom. The summed E-state index contributed by atoms with van der Waals surface area (Å²) in [5.41, 5.74) is 1.98. The molecule has 23 heavy (non-hydrogen) atoms. The van der Waals surface area contributed by atoms with Crippen molar-refractivity contribution in [1.29, 1.82) is 0 Å². The fraction of sp³-hybridized carbons (Fsp3) is 0.188. The minimum absolute atomic E-state index is 0.0255. The predicted octanol–water partition coefficient (Wildman–Crippen LogP) is 4.22. The van der Waals surface area contributed by atoms with Crippen molar-refractivity contribution in [2.24, 2.45) is 0 Å². The van der Waals surface area contributed by atoms with Crippen LogP contribution in [-0.2, 0) is 6.54 Å². The molecule has 0 aliphatic carbocycles. The molecule has 7 heteroatoms. The Balaban J connectivity index is 2.02. The summed E-state index contributed by atoms with van der Waals surface area (Å²) in [6.07, 6.45) is 0. The average molecular weight is 334 g/mol. The number of halogens is 1. The lowest BCUT2D eigenvalue weighted by molar-refractivity contribution is -0.385. The van der Waals surface area contributed by atoms with E-state index in [1.165, 1.54) is 17.0 Å². The Kier molecular flexibility index (Phi) is 5.18. The Morgan fingerprint density at radius 3 is 2.48 bits per heavy atom. The molecular weight excluding hydrogens is 318 g/mol. The standard InChI is InChI=1S/C16H16ClN3O3/c1-11-9-14(7-8-15(11)20(22)23)18-16(21)19(2)10-12-3-5-13(17)6-4-12/h3-9H,10H2,1-2H3,(H,18,21). The lowest BCUT2D eigenvalue weighted by Gasteiger charge is -2.18. The van der Waals surface area contributed by atoms with Gasteiger partial charge in [0.1, 0.15) is 0 Å². The number of hydrogen-bond donors (Lipinski definition) is 1. The fourth-order valence-corrected chi connectivity index (χ4v) is 2.22. The van der Waals surface area contributed by atoms with E-state index in [1.54, 1.807) is 32.2 Å². The van der Waals surface area contributed by atoms with Gasteiger partial charge in [-0.1, -0.05) is 23.7 Å². The number of nitro benzene ring substituents is 1. The molecule has 0 bridgehead atoms. The van der Waals surface area contributed by atoms with Crippen LogP contribution in [0, 0.1) is 17.0 Å². The zero-order valence-electron chi connectivity index (χ0n) is 12.7. The number of hydrogen-bond acceptors (Lipinski definition) is 3. The molecule has 0 aromatic heterocycles. The minimum atomic E-state index is -0.451. The zero-order valence-corrected chi connectivity index (χ0v) is 13.5. The number of carbonyl (C=O) groups is 1. The van der Waals surface area contributed by atoms with Gasteiger partial charge in [-0.2, -0.15) is 0 Å². The van der Waals surface area contributed by atoms with Gasteiger partial charge in [0, 0.05) is 35.9 Å². The van der Waals surface area contributed by atoms with Crippen molar-refractivity contribution in [2.75, 3.05) is 12.4 Å². The van der Waals surface area contributed by atoms with Gasteiger partial charge in [0.25, 0.3) is 5.69 Å². The lowest BCUT2D eigenvalue weighted by atomic mass is 10.2. The van der Waals surface area contributed by atoms with E-state index in [4.69, 9.17) is 11.6 Å². The molecule has 2 aromatic rings. The topological polar surface area (TPSA) is 75.5 Å². The van der Waals surface area contributed by atoms with Crippen molar-refractivity contribution >= 4 is 29.0 Å². The van der Waals surface area contributed by atoms with Crippen molar-refractivity contribution < 1.29 is 9.72 Å². The SMILES string of the molecule is Cc1cc(NC(=O)N(C)Cc2ccc(Cl)cc2)ccc1[N+](=O)[O-]. The lowest BCUT2D eigenvalue weighted by Crippen LogP contribution is -2.30. The van der Waals surface area contributed by atoms with Gasteiger partial charge in [-0.3, -0.25) is 10.1 Å². The molecule has 0 radical (unpaired) electrons. The van der Waals surface area contributed by atoms with Crippen molar-refractivity contribution in [1.82, 2.24) is 4.90 Å². The maximum atomic E-state index is 12.2. The molecule has 6 nitrogen and oxygen atoms in total. The molecule has 0 aliphatic heterocycles. The number of nitrogens with zero attached hydrogens (tertiary/aromatic N) is 2. The third-order valence-electron chi connectivity index (χ3n) is 3.32. The highest BCUT2D eigenvalue weighted by molar-refractivity contribution is 6.30. The fourth-order valence-electron chi connectivity index (χ4n) is 2.09. The van der Waals surface area contributed by atoms with Gasteiger partial charge in [-0.05, 0) is 36.8 Å². The van der Waals surface area contributed by atoms with Crippen molar-refractivity contribution in [3.63, 3.8) is 0 Å². The van der Waals surface area contributed by atoms with E-state index >= 15 is 0 Å². The molecule has 0 saturated carbocycles. The smallest absolute Gasteiger partial charge is 0.321 e. The monoisotopic (exact) mass is 333 g/mol. The number of carbonyl (C=O) groups excluding carboxylic acids is 1. The summed E-state index contributed by atoms with van der Waals surface area (Å²) in [6, 6.07) is 11.4. The van der Waals surface area contributed by atoms with Gasteiger partial charge in [-0.15, -0.1) is 0 Å². The summed E-state index contributed by atoms with van der Waals surface area (Å²) in [6.45, 7) is 2.06. The molecule has 2 rings (SSSR count). The van der Waals surface area contributed by atoms with Crippen LogP contribution >= 0.6 is 11.6 Å². The second kappa shape index (κ2) is 7.11. The van der Waals surface area contributed by atoms with Gasteiger partial charge < -0.3 is 10.2 Å². The molecule has 1 N–H and O–H groups in total. The largest absolute Gasteiger partial charge is 0.323 e. The van der Waals surface area contributed by atoms with Gasteiger partial charge in [0.05, 0.1) is 4.92 Å². The van der Waals surface area contributed by atoms with Gasteiger partial charge in [-0.25, -0.2) is 4.79 Å². The molecule has 2 amide bonds. The minimum Gasteiger partial charge on any atom is -0.323 e. The summed E-state index contributed by atoms with van der Waals surface area (Å²) in [4.78, 5) is 24.0. The van der Waals surface area contributed by atoms with Crippen LogP contribution in [-0.4, -0.2) is 22.9 Å². The number of benzene rings is 2. The maximum absolute atomic E-state index is 12.2. The number of aryl methyl sites for hydroxylation is 1. The van der Waals surface area contributed by atoms with E-state index in [-0.39, 0.29) is 11.7 Å². The highest BCUT2D eigenvalue weighted by Gasteiger charge is 2.13. The summed E-state index contributed by atoms with van der Waals surface area (Å²) in [5.74, 6) is 0. The molecule has 0 aliphatic rings. The Bertz CT molecular complexity index is 732. The number of nitrogens with one attached hydrogen (secondary N) is 1. The molecule has 0 heterocycles. The molecule has 0 atom stereocenters. The quantitative estimate of drug-likeness (QED) is 0.672. The Hall–Kier alpha value is -2.60. The number of anilines is 1. The summed E-state index contributed by atoms with van der Waals surface area (Å²) >= 11 is 5.83. The molecule has 120 valence electrons. The van der Waals surface area contributed by atoms with E-state index < -0.39 is 4.92 Å². The normalized spacial score (nSPS) is 10.2. The summed E-state index contributed by atoms with van der Waals surface area (Å²) in [5, 5.41) is 14.2. The first-order valence-corrected chi connectivity index (χ1v) is 7.26. The van der Waals surface area contributed by atoms with Crippen LogP contribution in [0.1, 0.15) is 11.1 Å². The Morgan fingerprint density at radius 1 is 1.26 bits per heavy atom. The van der Waals surface area contributed by atoms with Crippen LogP contribution in [0.25, 0.3) is 0 Å². The third-order valence-corrected chi connectivity index (χ3v) is 3.58. The second-order valence-corrected chi connectivity index (χ2v) is 5.61. The van der Waals surface area contributed by atoms with E-state index in [2.05, 4.69) is 5.32 Å². The van der Waals surface area contributed by atoms with Crippen molar-refractivity contribution in [3.8, 4) is 0 Å². The van der Waals surface area contributed by atoms with E-state index in [0.29, 0.717) is 22.8 Å². The van der Waals surface area contributed by atoms with E-state index in [1.807, 2.05) is 12.1 Å². The van der Waals surface area contributed by atoms with Gasteiger partial charge in [0.15, 0.2) is 0 Å². The molecule has 0 fully saturated rings.